The Morgan fingerprint density at radius 1 is 1.44 bits per heavy atom. The van der Waals surface area contributed by atoms with Gasteiger partial charge in [0.25, 0.3) is 0 Å². The van der Waals surface area contributed by atoms with E-state index in [0.29, 0.717) is 0 Å². The SMILES string of the molecule is CC(C)(C)OC(=O)Nc1cccc(O)c1[N+](=O)[O-]. The van der Waals surface area contributed by atoms with Crippen LogP contribution in [0.4, 0.5) is 16.2 Å². The maximum Gasteiger partial charge on any atom is 0.412 e. The summed E-state index contributed by atoms with van der Waals surface area (Å²) in [5.41, 5.74) is -1.40. The maximum atomic E-state index is 11.5. The fourth-order valence-electron chi connectivity index (χ4n) is 1.24. The van der Waals surface area contributed by atoms with Gasteiger partial charge in [-0.05, 0) is 32.9 Å². The van der Waals surface area contributed by atoms with Gasteiger partial charge in [0.1, 0.15) is 11.3 Å². The smallest absolute Gasteiger partial charge is 0.412 e. The van der Waals surface area contributed by atoms with Crippen LogP contribution in [-0.4, -0.2) is 21.7 Å². The molecular weight excluding hydrogens is 240 g/mol. The van der Waals surface area contributed by atoms with Crippen LogP contribution in [0.15, 0.2) is 18.2 Å². The number of para-hydroxylation sites is 1. The number of nitrogens with zero attached hydrogens (tertiary/aromatic N) is 1. The zero-order valence-corrected chi connectivity index (χ0v) is 10.3. The van der Waals surface area contributed by atoms with Crippen LogP contribution >= 0.6 is 0 Å². The minimum Gasteiger partial charge on any atom is -0.502 e. The lowest BCUT2D eigenvalue weighted by atomic mass is 10.2. The largest absolute Gasteiger partial charge is 0.502 e. The Bertz CT molecular complexity index is 479. The number of ether oxygens (including phenoxy) is 1. The van der Waals surface area contributed by atoms with Crippen LogP contribution in [0.1, 0.15) is 20.8 Å². The predicted octanol–water partition coefficient (Wildman–Crippen LogP) is 2.65. The number of carbonyl (C=O) groups excluding carboxylic acids is 1. The minimum absolute atomic E-state index is 0.116. The lowest BCUT2D eigenvalue weighted by molar-refractivity contribution is -0.384. The molecule has 0 aliphatic heterocycles. The first kappa shape index (κ1) is 13.8. The monoisotopic (exact) mass is 254 g/mol. The molecule has 0 radical (unpaired) electrons. The Labute approximate surface area is 104 Å². The van der Waals surface area contributed by atoms with Gasteiger partial charge in [-0.15, -0.1) is 0 Å². The molecule has 0 aromatic heterocycles. The highest BCUT2D eigenvalue weighted by molar-refractivity contribution is 5.89. The molecule has 0 saturated carbocycles. The second-order valence-electron chi connectivity index (χ2n) is 4.56. The minimum atomic E-state index is -0.823. The van der Waals surface area contributed by atoms with Crippen molar-refractivity contribution in [3.8, 4) is 5.75 Å². The summed E-state index contributed by atoms with van der Waals surface area (Å²) in [6.07, 6.45) is -0.823. The Morgan fingerprint density at radius 3 is 2.56 bits per heavy atom. The van der Waals surface area contributed by atoms with Gasteiger partial charge in [-0.3, -0.25) is 15.4 Å². The van der Waals surface area contributed by atoms with Gasteiger partial charge in [0.05, 0.1) is 4.92 Å². The van der Waals surface area contributed by atoms with Gasteiger partial charge >= 0.3 is 11.8 Å². The molecule has 7 nitrogen and oxygen atoms in total. The van der Waals surface area contributed by atoms with Crippen LogP contribution < -0.4 is 5.32 Å². The first-order chi connectivity index (χ1) is 8.20. The summed E-state index contributed by atoms with van der Waals surface area (Å²) in [5, 5.41) is 22.4. The number of nitrogens with one attached hydrogen (secondary N) is 1. The van der Waals surface area contributed by atoms with E-state index in [-0.39, 0.29) is 5.69 Å². The van der Waals surface area contributed by atoms with Crippen molar-refractivity contribution < 1.29 is 19.6 Å². The van der Waals surface area contributed by atoms with E-state index in [9.17, 15) is 20.0 Å². The molecule has 0 saturated heterocycles. The topological polar surface area (TPSA) is 102 Å². The first-order valence-electron chi connectivity index (χ1n) is 5.17. The van der Waals surface area contributed by atoms with Crippen LogP contribution in [0.3, 0.4) is 0 Å². The normalized spacial score (nSPS) is 10.8. The number of rotatable bonds is 2. The van der Waals surface area contributed by atoms with E-state index in [4.69, 9.17) is 4.74 Å². The zero-order valence-electron chi connectivity index (χ0n) is 10.3. The van der Waals surface area contributed by atoms with Gasteiger partial charge in [0.2, 0.25) is 0 Å². The number of benzene rings is 1. The van der Waals surface area contributed by atoms with E-state index >= 15 is 0 Å². The molecule has 0 atom stereocenters. The summed E-state index contributed by atoms with van der Waals surface area (Å²) in [4.78, 5) is 21.5. The Balaban J connectivity index is 2.95. The van der Waals surface area contributed by atoms with Crippen LogP contribution in [0, 0.1) is 10.1 Å². The number of anilines is 1. The molecule has 0 heterocycles. The van der Waals surface area contributed by atoms with Crippen molar-refractivity contribution in [2.45, 2.75) is 26.4 Å². The van der Waals surface area contributed by atoms with E-state index in [0.717, 1.165) is 0 Å². The summed E-state index contributed by atoms with van der Waals surface area (Å²) >= 11 is 0. The third-order valence-electron chi connectivity index (χ3n) is 1.83. The Hall–Kier alpha value is -2.31. The maximum absolute atomic E-state index is 11.5. The molecule has 2 N–H and O–H groups in total. The third-order valence-corrected chi connectivity index (χ3v) is 1.83. The quantitative estimate of drug-likeness (QED) is 0.624. The Kier molecular flexibility index (Phi) is 3.75. The van der Waals surface area contributed by atoms with Gasteiger partial charge in [0.15, 0.2) is 5.75 Å². The fraction of sp³-hybridized carbons (Fsp3) is 0.364. The molecule has 1 aromatic carbocycles. The second-order valence-corrected chi connectivity index (χ2v) is 4.56. The molecule has 1 amide bonds. The van der Waals surface area contributed by atoms with Gasteiger partial charge < -0.3 is 9.84 Å². The molecule has 98 valence electrons. The van der Waals surface area contributed by atoms with Gasteiger partial charge in [-0.25, -0.2) is 4.79 Å². The highest BCUT2D eigenvalue weighted by Gasteiger charge is 2.23. The van der Waals surface area contributed by atoms with Crippen LogP contribution in [-0.2, 0) is 4.74 Å². The Morgan fingerprint density at radius 2 is 2.06 bits per heavy atom. The van der Waals surface area contributed by atoms with Crippen LogP contribution in [0.25, 0.3) is 0 Å². The molecule has 0 bridgehead atoms. The third kappa shape index (κ3) is 3.62. The first-order valence-corrected chi connectivity index (χ1v) is 5.17. The number of carbonyl (C=O) groups is 1. The molecule has 0 aliphatic carbocycles. The van der Waals surface area contributed by atoms with Crippen molar-refractivity contribution in [3.05, 3.63) is 28.3 Å². The summed E-state index contributed by atoms with van der Waals surface area (Å²) in [6.45, 7) is 5.01. The number of nitro groups is 1. The highest BCUT2D eigenvalue weighted by Crippen LogP contribution is 2.33. The average Bonchev–Trinajstić information content (AvgIpc) is 2.13. The number of hydrogen-bond donors (Lipinski definition) is 2. The van der Waals surface area contributed by atoms with Crippen LogP contribution in [0.2, 0.25) is 0 Å². The molecule has 18 heavy (non-hydrogen) atoms. The molecule has 0 unspecified atom stereocenters. The van der Waals surface area contributed by atoms with Gasteiger partial charge in [-0.1, -0.05) is 6.07 Å². The molecule has 1 aromatic rings. The molecule has 7 heteroatoms. The second kappa shape index (κ2) is 4.91. The van der Waals surface area contributed by atoms with Crippen molar-refractivity contribution in [1.29, 1.82) is 0 Å². The van der Waals surface area contributed by atoms with Gasteiger partial charge in [-0.2, -0.15) is 0 Å². The van der Waals surface area contributed by atoms with E-state index in [2.05, 4.69) is 5.32 Å². The summed E-state index contributed by atoms with van der Waals surface area (Å²) in [5.74, 6) is -0.520. The van der Waals surface area contributed by atoms with E-state index in [1.807, 2.05) is 0 Å². The van der Waals surface area contributed by atoms with E-state index < -0.39 is 28.1 Å². The lowest BCUT2D eigenvalue weighted by Gasteiger charge is -2.19. The molecular formula is C11H14N2O5. The number of hydrogen-bond acceptors (Lipinski definition) is 5. The van der Waals surface area contributed by atoms with Crippen molar-refractivity contribution in [3.63, 3.8) is 0 Å². The fourth-order valence-corrected chi connectivity index (χ4v) is 1.24. The number of phenols is 1. The van der Waals surface area contributed by atoms with Crippen molar-refractivity contribution in [2.24, 2.45) is 0 Å². The summed E-state index contributed by atoms with van der Waals surface area (Å²) < 4.78 is 4.96. The number of nitro benzene ring substituents is 1. The van der Waals surface area contributed by atoms with Crippen molar-refractivity contribution in [2.75, 3.05) is 5.32 Å². The zero-order chi connectivity index (χ0) is 13.9. The number of phenolic OH excluding ortho intramolecular Hbond substituents is 1. The summed E-state index contributed by atoms with van der Waals surface area (Å²) in [7, 11) is 0. The van der Waals surface area contributed by atoms with Crippen LogP contribution in [0.5, 0.6) is 5.75 Å². The standard InChI is InChI=1S/C11H14N2O5/c1-11(2,3)18-10(15)12-7-5-4-6-8(14)9(7)13(16)17/h4-6,14H,1-3H3,(H,12,15). The average molecular weight is 254 g/mol. The lowest BCUT2D eigenvalue weighted by Crippen LogP contribution is -2.27. The number of amides is 1. The van der Waals surface area contributed by atoms with E-state index in [1.165, 1.54) is 18.2 Å². The predicted molar refractivity (Wildman–Crippen MR) is 64.6 cm³/mol. The van der Waals surface area contributed by atoms with Gasteiger partial charge in [0, 0.05) is 0 Å². The molecule has 0 aliphatic rings. The molecule has 0 fully saturated rings. The van der Waals surface area contributed by atoms with Crippen molar-refractivity contribution in [1.82, 2.24) is 0 Å². The summed E-state index contributed by atoms with van der Waals surface area (Å²) in [6, 6.07) is 3.86. The molecule has 1 rings (SSSR count). The number of aromatic hydroxyl groups is 1. The highest BCUT2D eigenvalue weighted by atomic mass is 16.6. The van der Waals surface area contributed by atoms with E-state index in [1.54, 1.807) is 20.8 Å². The van der Waals surface area contributed by atoms with Crippen molar-refractivity contribution >= 4 is 17.5 Å². The molecule has 0 spiro atoms.